The average molecular weight is 359 g/mol. The second kappa shape index (κ2) is 7.33. The van der Waals surface area contributed by atoms with Crippen LogP contribution in [0.3, 0.4) is 0 Å². The van der Waals surface area contributed by atoms with Crippen LogP contribution in [-0.4, -0.2) is 23.2 Å². The molecule has 3 aromatic rings. The largest absolute Gasteiger partial charge is 0.451 e. The Kier molecular flexibility index (Phi) is 4.58. The second-order valence-electron chi connectivity index (χ2n) is 6.14. The highest BCUT2D eigenvalue weighted by atomic mass is 16.8. The maximum Gasteiger partial charge on any atom is 0.451 e. The number of cyclic esters (lactones) is 1. The Bertz CT molecular complexity index is 889. The molecular weight excluding hydrogens is 342 g/mol. The van der Waals surface area contributed by atoms with E-state index in [1.165, 1.54) is 0 Å². The molecule has 1 aliphatic heterocycles. The number of ether oxygens (including phenoxy) is 1. The van der Waals surface area contributed by atoms with Crippen molar-refractivity contribution in [2.24, 2.45) is 0 Å². The smallest absolute Gasteiger partial charge is 0.432 e. The normalized spacial score (nSPS) is 16.5. The van der Waals surface area contributed by atoms with Crippen molar-refractivity contribution in [3.63, 3.8) is 0 Å². The molecule has 0 spiro atoms. The Balaban J connectivity index is 1.67. The Morgan fingerprint density at radius 2 is 1.22 bits per heavy atom. The molecule has 4 rings (SSSR count). The van der Waals surface area contributed by atoms with E-state index in [2.05, 4.69) is 0 Å². The number of hydrogen-bond acceptors (Lipinski definition) is 4. The van der Waals surface area contributed by atoms with Gasteiger partial charge in [0.1, 0.15) is 0 Å². The summed E-state index contributed by atoms with van der Waals surface area (Å²) < 4.78 is 5.44. The number of hydroxylamine groups is 2. The van der Waals surface area contributed by atoms with Crippen LogP contribution in [0.5, 0.6) is 5.75 Å². The summed E-state index contributed by atoms with van der Waals surface area (Å²) in [4.78, 5) is 30.7. The molecule has 0 saturated carbocycles. The van der Waals surface area contributed by atoms with Crippen LogP contribution in [0.1, 0.15) is 17.0 Å². The van der Waals surface area contributed by atoms with Gasteiger partial charge in [-0.1, -0.05) is 83.9 Å². The topological polar surface area (TPSA) is 55.8 Å². The molecule has 5 nitrogen and oxygen atoms in total. The fourth-order valence-corrected chi connectivity index (χ4v) is 3.15. The van der Waals surface area contributed by atoms with Crippen molar-refractivity contribution >= 4 is 12.0 Å². The molecule has 1 fully saturated rings. The van der Waals surface area contributed by atoms with Crippen LogP contribution in [0, 0.1) is 0 Å². The number of para-hydroxylation sites is 1. The Hall–Kier alpha value is -3.60. The van der Waals surface area contributed by atoms with Crippen LogP contribution in [0.25, 0.3) is 0 Å². The van der Waals surface area contributed by atoms with Gasteiger partial charge in [0.2, 0.25) is 0 Å². The minimum absolute atomic E-state index is 0.388. The van der Waals surface area contributed by atoms with Crippen LogP contribution in [0.4, 0.5) is 4.79 Å². The highest BCUT2D eigenvalue weighted by Gasteiger charge is 2.48. The van der Waals surface area contributed by atoms with Gasteiger partial charge in [0.15, 0.2) is 11.9 Å². The molecule has 3 aromatic carbocycles. The Labute approximate surface area is 156 Å². The molecule has 0 bridgehead atoms. The zero-order chi connectivity index (χ0) is 18.6. The van der Waals surface area contributed by atoms with Crippen LogP contribution in [0.15, 0.2) is 91.0 Å². The maximum atomic E-state index is 13.0. The first-order valence-corrected chi connectivity index (χ1v) is 8.61. The zero-order valence-electron chi connectivity index (χ0n) is 14.4. The highest BCUT2D eigenvalue weighted by Crippen LogP contribution is 2.34. The van der Waals surface area contributed by atoms with Gasteiger partial charge in [0, 0.05) is 0 Å². The van der Waals surface area contributed by atoms with E-state index in [1.807, 2.05) is 66.7 Å². The standard InChI is InChI=1S/C22H17NO4/c24-21-20(26-22(25)23(21)27-18-14-8-3-9-15-18)19(16-10-4-1-5-11-16)17-12-6-2-7-13-17/h1-15,19-20H. The molecule has 1 unspecified atom stereocenters. The van der Waals surface area contributed by atoms with Crippen molar-refractivity contribution in [1.29, 1.82) is 0 Å². The van der Waals surface area contributed by atoms with Crippen LogP contribution < -0.4 is 4.84 Å². The Morgan fingerprint density at radius 1 is 0.741 bits per heavy atom. The van der Waals surface area contributed by atoms with Gasteiger partial charge in [-0.25, -0.2) is 4.79 Å². The second-order valence-corrected chi connectivity index (χ2v) is 6.14. The van der Waals surface area contributed by atoms with Crippen molar-refractivity contribution in [3.8, 4) is 5.75 Å². The van der Waals surface area contributed by atoms with Crippen molar-refractivity contribution in [3.05, 3.63) is 102 Å². The molecule has 134 valence electrons. The summed E-state index contributed by atoms with van der Waals surface area (Å²) >= 11 is 0. The molecule has 1 heterocycles. The molecule has 0 N–H and O–H groups in total. The third-order valence-corrected chi connectivity index (χ3v) is 4.40. The summed E-state index contributed by atoms with van der Waals surface area (Å²) in [6.07, 6.45) is -1.81. The number of rotatable bonds is 5. The first kappa shape index (κ1) is 16.8. The van der Waals surface area contributed by atoms with Gasteiger partial charge in [-0.05, 0) is 23.3 Å². The molecule has 5 heteroatoms. The van der Waals surface area contributed by atoms with Crippen molar-refractivity contribution in [2.45, 2.75) is 12.0 Å². The summed E-state index contributed by atoms with van der Waals surface area (Å²) in [5.74, 6) is -0.561. The summed E-state index contributed by atoms with van der Waals surface area (Å²) in [6, 6.07) is 27.7. The summed E-state index contributed by atoms with van der Waals surface area (Å²) in [5.41, 5.74) is 1.77. The predicted octanol–water partition coefficient (Wildman–Crippen LogP) is 4.16. The number of amides is 2. The van der Waals surface area contributed by atoms with Crippen LogP contribution in [0.2, 0.25) is 0 Å². The fourth-order valence-electron chi connectivity index (χ4n) is 3.15. The van der Waals surface area contributed by atoms with Crippen LogP contribution >= 0.6 is 0 Å². The molecule has 2 amide bonds. The van der Waals surface area contributed by atoms with Gasteiger partial charge in [-0.15, -0.1) is 0 Å². The number of carbonyl (C=O) groups is 2. The summed E-state index contributed by atoms with van der Waals surface area (Å²) in [5, 5.41) is 0.693. The molecular formula is C22H17NO4. The number of benzene rings is 3. The molecule has 1 aliphatic rings. The average Bonchev–Trinajstić information content (AvgIpc) is 2.99. The van der Waals surface area contributed by atoms with Crippen molar-refractivity contribution in [2.75, 3.05) is 0 Å². The van der Waals surface area contributed by atoms with Gasteiger partial charge in [0.25, 0.3) is 0 Å². The number of carbonyl (C=O) groups excluding carboxylic acids is 2. The van der Waals surface area contributed by atoms with Crippen LogP contribution in [-0.2, 0) is 9.53 Å². The van der Waals surface area contributed by atoms with E-state index in [-0.39, 0.29) is 0 Å². The van der Waals surface area contributed by atoms with E-state index in [0.717, 1.165) is 11.1 Å². The lowest BCUT2D eigenvalue weighted by molar-refractivity contribution is -0.145. The minimum Gasteiger partial charge on any atom is -0.432 e. The minimum atomic E-state index is -0.994. The quantitative estimate of drug-likeness (QED) is 0.686. The van der Waals surface area contributed by atoms with E-state index in [9.17, 15) is 9.59 Å². The molecule has 27 heavy (non-hydrogen) atoms. The maximum absolute atomic E-state index is 13.0. The molecule has 0 aliphatic carbocycles. The predicted molar refractivity (Wildman–Crippen MR) is 98.9 cm³/mol. The lowest BCUT2D eigenvalue weighted by atomic mass is 9.86. The van der Waals surface area contributed by atoms with Gasteiger partial charge in [0.05, 0.1) is 5.92 Å². The molecule has 1 atom stereocenters. The molecule has 0 aromatic heterocycles. The Morgan fingerprint density at radius 3 is 1.74 bits per heavy atom. The zero-order valence-corrected chi connectivity index (χ0v) is 14.4. The van der Waals surface area contributed by atoms with E-state index >= 15 is 0 Å². The van der Waals surface area contributed by atoms with Gasteiger partial charge in [-0.3, -0.25) is 4.79 Å². The third kappa shape index (κ3) is 3.40. The van der Waals surface area contributed by atoms with E-state index in [0.29, 0.717) is 10.8 Å². The molecule has 1 saturated heterocycles. The lowest BCUT2D eigenvalue weighted by Crippen LogP contribution is -2.36. The lowest BCUT2D eigenvalue weighted by Gasteiger charge is -2.21. The van der Waals surface area contributed by atoms with Crippen molar-refractivity contribution in [1.82, 2.24) is 5.06 Å². The third-order valence-electron chi connectivity index (χ3n) is 4.40. The number of hydrogen-bond donors (Lipinski definition) is 0. The SMILES string of the molecule is O=C1OC(C(c2ccccc2)c2ccccc2)C(=O)N1Oc1ccccc1. The van der Waals surface area contributed by atoms with Gasteiger partial charge < -0.3 is 9.57 Å². The summed E-state index contributed by atoms with van der Waals surface area (Å²) in [7, 11) is 0. The van der Waals surface area contributed by atoms with Gasteiger partial charge in [-0.2, -0.15) is 0 Å². The number of imide groups is 1. The van der Waals surface area contributed by atoms with Crippen molar-refractivity contribution < 1.29 is 19.2 Å². The van der Waals surface area contributed by atoms with Gasteiger partial charge >= 0.3 is 12.0 Å². The van der Waals surface area contributed by atoms with E-state index in [4.69, 9.17) is 9.57 Å². The molecule has 0 radical (unpaired) electrons. The monoisotopic (exact) mass is 359 g/mol. The first-order chi connectivity index (χ1) is 13.2. The summed E-state index contributed by atoms with van der Waals surface area (Å²) in [6.45, 7) is 0. The fraction of sp³-hybridized carbons (Fsp3) is 0.0909. The number of nitrogens with zero attached hydrogens (tertiary/aromatic N) is 1. The first-order valence-electron chi connectivity index (χ1n) is 8.61. The van der Waals surface area contributed by atoms with E-state index in [1.54, 1.807) is 24.3 Å². The highest BCUT2D eigenvalue weighted by molar-refractivity contribution is 6.00. The van der Waals surface area contributed by atoms with E-state index < -0.39 is 24.0 Å².